The number of carboxylic acid groups (broad SMARTS) is 1. The van der Waals surface area contributed by atoms with Crippen molar-refractivity contribution in [2.75, 3.05) is 14.2 Å². The summed E-state index contributed by atoms with van der Waals surface area (Å²) in [6.07, 6.45) is 8.02. The monoisotopic (exact) mass is 317 g/mol. The van der Waals surface area contributed by atoms with Crippen molar-refractivity contribution in [1.82, 2.24) is 4.98 Å². The van der Waals surface area contributed by atoms with Crippen molar-refractivity contribution >= 4 is 35.5 Å². The molecule has 1 aromatic heterocycles. The minimum absolute atomic E-state index is 0.661. The molecule has 114 valence electrons. The number of hydrogen-bond donors (Lipinski definition) is 1. The second-order valence-corrected chi connectivity index (χ2v) is 5.31. The molecule has 0 amide bonds. The van der Waals surface area contributed by atoms with Gasteiger partial charge in [0.25, 0.3) is 0 Å². The number of aromatic nitrogens is 1. The number of hydrogen-bond acceptors (Lipinski definition) is 5. The highest BCUT2D eigenvalue weighted by molar-refractivity contribution is 7.13. The van der Waals surface area contributed by atoms with Crippen LogP contribution in [0.5, 0.6) is 11.5 Å². The molecular weight excluding hydrogens is 302 g/mol. The van der Waals surface area contributed by atoms with Crippen LogP contribution in [-0.4, -0.2) is 30.3 Å². The average molecular weight is 317 g/mol. The zero-order valence-electron chi connectivity index (χ0n) is 12.1. The van der Waals surface area contributed by atoms with E-state index < -0.39 is 5.97 Å². The lowest BCUT2D eigenvalue weighted by Crippen LogP contribution is -1.90. The van der Waals surface area contributed by atoms with E-state index in [1.54, 1.807) is 20.4 Å². The van der Waals surface area contributed by atoms with Crippen molar-refractivity contribution in [3.8, 4) is 11.5 Å². The first-order valence-electron chi connectivity index (χ1n) is 6.39. The van der Waals surface area contributed by atoms with Gasteiger partial charge in [0.2, 0.25) is 0 Å². The van der Waals surface area contributed by atoms with E-state index in [4.69, 9.17) is 14.6 Å². The highest BCUT2D eigenvalue weighted by Crippen LogP contribution is 2.28. The van der Waals surface area contributed by atoms with Crippen LogP contribution in [0.3, 0.4) is 0 Å². The third-order valence-corrected chi connectivity index (χ3v) is 3.69. The zero-order chi connectivity index (χ0) is 15.9. The third kappa shape index (κ3) is 4.20. The van der Waals surface area contributed by atoms with Gasteiger partial charge in [-0.1, -0.05) is 12.1 Å². The van der Waals surface area contributed by atoms with Crippen LogP contribution in [0.1, 0.15) is 15.4 Å². The van der Waals surface area contributed by atoms with Crippen molar-refractivity contribution in [3.05, 3.63) is 45.9 Å². The van der Waals surface area contributed by atoms with Crippen LogP contribution in [0.4, 0.5) is 0 Å². The molecule has 0 fully saturated rings. The van der Waals surface area contributed by atoms with Gasteiger partial charge in [0.15, 0.2) is 11.5 Å². The molecule has 1 heterocycles. The van der Waals surface area contributed by atoms with Crippen LogP contribution in [0, 0.1) is 0 Å². The fraction of sp³-hybridized carbons (Fsp3) is 0.125. The molecule has 0 unspecified atom stereocenters. The van der Waals surface area contributed by atoms with Crippen LogP contribution in [0.15, 0.2) is 30.5 Å². The Morgan fingerprint density at radius 3 is 2.64 bits per heavy atom. The zero-order valence-corrected chi connectivity index (χ0v) is 13.0. The van der Waals surface area contributed by atoms with Gasteiger partial charge in [0, 0.05) is 17.2 Å². The van der Waals surface area contributed by atoms with Gasteiger partial charge in [-0.15, -0.1) is 11.3 Å². The summed E-state index contributed by atoms with van der Waals surface area (Å²) in [5.41, 5.74) is 0.954. The molecule has 0 atom stereocenters. The molecule has 0 saturated heterocycles. The van der Waals surface area contributed by atoms with Gasteiger partial charge >= 0.3 is 5.97 Å². The van der Waals surface area contributed by atoms with E-state index in [1.165, 1.54) is 17.4 Å². The maximum absolute atomic E-state index is 10.5. The highest BCUT2D eigenvalue weighted by atomic mass is 32.1. The molecule has 0 aliphatic rings. The fourth-order valence-electron chi connectivity index (χ4n) is 1.73. The lowest BCUT2D eigenvalue weighted by atomic mass is 10.2. The first-order chi connectivity index (χ1) is 10.6. The summed E-state index contributed by atoms with van der Waals surface area (Å²) in [6.45, 7) is 0. The van der Waals surface area contributed by atoms with Crippen LogP contribution < -0.4 is 9.47 Å². The van der Waals surface area contributed by atoms with Gasteiger partial charge in [-0.3, -0.25) is 0 Å². The molecule has 0 saturated carbocycles. The van der Waals surface area contributed by atoms with Gasteiger partial charge in [-0.25, -0.2) is 9.78 Å². The van der Waals surface area contributed by atoms with Crippen LogP contribution in [0.2, 0.25) is 0 Å². The van der Waals surface area contributed by atoms with Gasteiger partial charge in [0.05, 0.1) is 14.2 Å². The summed E-state index contributed by atoms with van der Waals surface area (Å²) < 4.78 is 10.4. The lowest BCUT2D eigenvalue weighted by Gasteiger charge is -2.07. The van der Waals surface area contributed by atoms with Gasteiger partial charge in [-0.05, 0) is 29.8 Å². The first kappa shape index (κ1) is 15.8. The Hall–Kier alpha value is -2.60. The van der Waals surface area contributed by atoms with Crippen molar-refractivity contribution in [2.45, 2.75) is 0 Å². The molecule has 2 rings (SSSR count). The normalized spacial score (nSPS) is 11.2. The maximum atomic E-state index is 10.5. The van der Waals surface area contributed by atoms with Gasteiger partial charge in [0.1, 0.15) is 5.01 Å². The number of aliphatic carboxylic acids is 1. The van der Waals surface area contributed by atoms with Crippen LogP contribution in [0.25, 0.3) is 18.2 Å². The van der Waals surface area contributed by atoms with E-state index in [1.807, 2.05) is 30.4 Å². The molecule has 1 aromatic carbocycles. The topological polar surface area (TPSA) is 68.7 Å². The number of ether oxygens (including phenoxy) is 2. The molecule has 22 heavy (non-hydrogen) atoms. The molecule has 0 bridgehead atoms. The van der Waals surface area contributed by atoms with E-state index in [-0.39, 0.29) is 0 Å². The average Bonchev–Trinajstić information content (AvgIpc) is 2.98. The number of nitrogens with zero attached hydrogens (tertiary/aromatic N) is 1. The largest absolute Gasteiger partial charge is 0.493 e. The molecule has 0 spiro atoms. The fourth-order valence-corrected chi connectivity index (χ4v) is 2.46. The van der Waals surface area contributed by atoms with Crippen molar-refractivity contribution < 1.29 is 19.4 Å². The summed E-state index contributed by atoms with van der Waals surface area (Å²) in [5.74, 6) is 0.361. The SMILES string of the molecule is COc1ccc(C=Cc2ncc(C=CC(=O)O)s2)cc1OC. The number of carboxylic acids is 1. The van der Waals surface area contributed by atoms with E-state index >= 15 is 0 Å². The van der Waals surface area contributed by atoms with Crippen LogP contribution >= 0.6 is 11.3 Å². The third-order valence-electron chi connectivity index (χ3n) is 2.76. The molecule has 5 nitrogen and oxygen atoms in total. The number of benzene rings is 1. The Balaban J connectivity index is 2.13. The second kappa shape index (κ2) is 7.42. The molecule has 6 heteroatoms. The van der Waals surface area contributed by atoms with Gasteiger partial charge in [-0.2, -0.15) is 0 Å². The Morgan fingerprint density at radius 1 is 1.18 bits per heavy atom. The molecular formula is C16H15NO4S. The molecule has 0 radical (unpaired) electrons. The molecule has 0 aliphatic carbocycles. The minimum atomic E-state index is -0.976. The molecule has 2 aromatic rings. The number of carbonyl (C=O) groups is 1. The Labute approximate surface area is 132 Å². The number of methoxy groups -OCH3 is 2. The number of thiazole rings is 1. The quantitative estimate of drug-likeness (QED) is 0.827. The van der Waals surface area contributed by atoms with Crippen molar-refractivity contribution in [2.24, 2.45) is 0 Å². The molecule has 0 aliphatic heterocycles. The maximum Gasteiger partial charge on any atom is 0.328 e. The summed E-state index contributed by atoms with van der Waals surface area (Å²) in [4.78, 5) is 15.5. The van der Waals surface area contributed by atoms with E-state index in [0.29, 0.717) is 11.5 Å². The van der Waals surface area contributed by atoms with E-state index in [2.05, 4.69) is 4.98 Å². The Bertz CT molecular complexity index is 719. The minimum Gasteiger partial charge on any atom is -0.493 e. The summed E-state index contributed by atoms with van der Waals surface area (Å²) in [7, 11) is 3.18. The highest BCUT2D eigenvalue weighted by Gasteiger charge is 2.03. The predicted octanol–water partition coefficient (Wildman–Crippen LogP) is 3.43. The Morgan fingerprint density at radius 2 is 1.95 bits per heavy atom. The summed E-state index contributed by atoms with van der Waals surface area (Å²) in [5, 5.41) is 9.38. The predicted molar refractivity (Wildman–Crippen MR) is 87.3 cm³/mol. The standard InChI is InChI=1S/C16H15NO4S/c1-20-13-6-3-11(9-14(13)21-2)4-7-15-17-10-12(22-15)5-8-16(18)19/h3-10H,1-2H3,(H,18,19). The smallest absolute Gasteiger partial charge is 0.328 e. The lowest BCUT2D eigenvalue weighted by molar-refractivity contribution is -0.131. The van der Waals surface area contributed by atoms with Gasteiger partial charge < -0.3 is 14.6 Å². The van der Waals surface area contributed by atoms with Crippen molar-refractivity contribution in [3.63, 3.8) is 0 Å². The Kier molecular flexibility index (Phi) is 5.32. The molecule has 1 N–H and O–H groups in total. The number of rotatable bonds is 6. The van der Waals surface area contributed by atoms with E-state index in [9.17, 15) is 4.79 Å². The summed E-state index contributed by atoms with van der Waals surface area (Å²) >= 11 is 1.41. The first-order valence-corrected chi connectivity index (χ1v) is 7.21. The summed E-state index contributed by atoms with van der Waals surface area (Å²) in [6, 6.07) is 5.62. The second-order valence-electron chi connectivity index (χ2n) is 4.22. The van der Waals surface area contributed by atoms with E-state index in [0.717, 1.165) is 21.5 Å². The van der Waals surface area contributed by atoms with Crippen molar-refractivity contribution in [1.29, 1.82) is 0 Å². The van der Waals surface area contributed by atoms with Crippen LogP contribution in [-0.2, 0) is 4.79 Å².